The molecule has 0 bridgehead atoms. The number of carbonyl (C=O) groups excluding carboxylic acids is 1. The van der Waals surface area contributed by atoms with Crippen LogP contribution in [-0.4, -0.2) is 52.4 Å². The Bertz CT molecular complexity index is 648. The Morgan fingerprint density at radius 1 is 1.29 bits per heavy atom. The van der Waals surface area contributed by atoms with E-state index in [1.165, 1.54) is 0 Å². The number of aromatic nitrogens is 1. The van der Waals surface area contributed by atoms with Crippen molar-refractivity contribution in [1.82, 2.24) is 15.0 Å². The first-order valence-corrected chi connectivity index (χ1v) is 7.66. The first-order valence-electron chi connectivity index (χ1n) is 7.66. The molecule has 1 aromatic rings. The van der Waals surface area contributed by atoms with E-state index in [2.05, 4.69) is 10.1 Å². The Labute approximate surface area is 137 Å². The topological polar surface area (TPSA) is 74.8 Å². The molecule has 0 saturated carbocycles. The van der Waals surface area contributed by atoms with Crippen LogP contribution in [0.4, 0.5) is 13.2 Å². The summed E-state index contributed by atoms with van der Waals surface area (Å²) in [6, 6.07) is 5.29. The highest BCUT2D eigenvalue weighted by Gasteiger charge is 2.53. The fourth-order valence-electron chi connectivity index (χ4n) is 3.25. The molecule has 6 nitrogen and oxygen atoms in total. The molecule has 2 aliphatic rings. The number of nitrogens with two attached hydrogens (primary N) is 1. The Balaban J connectivity index is 1.95. The second-order valence-corrected chi connectivity index (χ2v) is 6.14. The van der Waals surface area contributed by atoms with E-state index in [1.54, 1.807) is 29.4 Å². The van der Waals surface area contributed by atoms with Gasteiger partial charge in [-0.3, -0.25) is 15.6 Å². The van der Waals surface area contributed by atoms with Crippen molar-refractivity contribution < 1.29 is 18.0 Å². The summed E-state index contributed by atoms with van der Waals surface area (Å²) in [7, 11) is 0. The Morgan fingerprint density at radius 2 is 2.08 bits per heavy atom. The van der Waals surface area contributed by atoms with Crippen LogP contribution < -0.4 is 5.84 Å². The Morgan fingerprint density at radius 3 is 2.75 bits per heavy atom. The smallest absolute Gasteiger partial charge is 0.272 e. The lowest BCUT2D eigenvalue weighted by Crippen LogP contribution is -2.44. The molecule has 2 N–H and O–H groups in total. The maximum Gasteiger partial charge on any atom is 0.408 e. The average molecular weight is 341 g/mol. The van der Waals surface area contributed by atoms with Gasteiger partial charge in [0.15, 0.2) is 0 Å². The zero-order chi connectivity index (χ0) is 17.4. The van der Waals surface area contributed by atoms with Gasteiger partial charge in [-0.05, 0) is 18.6 Å². The van der Waals surface area contributed by atoms with Gasteiger partial charge in [-0.15, -0.1) is 0 Å². The van der Waals surface area contributed by atoms with Crippen molar-refractivity contribution in [2.45, 2.75) is 25.4 Å². The number of nitrogens with zero attached hydrogens (tertiary/aromatic N) is 4. The average Bonchev–Trinajstić information content (AvgIpc) is 2.65. The number of carbonyl (C=O) groups is 1. The van der Waals surface area contributed by atoms with Crippen LogP contribution in [0.15, 0.2) is 29.5 Å². The zero-order valence-electron chi connectivity index (χ0n) is 13.0. The van der Waals surface area contributed by atoms with E-state index in [9.17, 15) is 18.0 Å². The van der Waals surface area contributed by atoms with E-state index >= 15 is 0 Å². The predicted molar refractivity (Wildman–Crippen MR) is 80.6 cm³/mol. The van der Waals surface area contributed by atoms with E-state index in [1.807, 2.05) is 0 Å². The molecular weight excluding hydrogens is 323 g/mol. The third-order valence-electron chi connectivity index (χ3n) is 4.44. The van der Waals surface area contributed by atoms with Gasteiger partial charge in [-0.2, -0.15) is 18.3 Å². The third kappa shape index (κ3) is 3.27. The molecule has 2 aliphatic heterocycles. The molecule has 1 saturated heterocycles. The normalized spacial score (nSPS) is 25.4. The van der Waals surface area contributed by atoms with Gasteiger partial charge in [0.2, 0.25) is 0 Å². The molecule has 1 atom stereocenters. The molecule has 0 aliphatic carbocycles. The van der Waals surface area contributed by atoms with E-state index in [-0.39, 0.29) is 6.42 Å². The molecule has 0 spiro atoms. The summed E-state index contributed by atoms with van der Waals surface area (Å²) >= 11 is 0. The summed E-state index contributed by atoms with van der Waals surface area (Å²) in [4.78, 5) is 17.0. The standard InChI is InChI=1S/C15H18F3N5O/c16-15(17,18)10-23-13(24)14(9-11-3-1-2-6-20-11)5-8-22(19)7-4-12(14)21-23/h1-3,6H,4-5,7-10,19H2. The zero-order valence-corrected chi connectivity index (χ0v) is 13.0. The van der Waals surface area contributed by atoms with Crippen molar-refractivity contribution in [3.8, 4) is 0 Å². The van der Waals surface area contributed by atoms with Crippen LogP contribution in [-0.2, 0) is 11.2 Å². The van der Waals surface area contributed by atoms with Crippen molar-refractivity contribution >= 4 is 11.6 Å². The van der Waals surface area contributed by atoms with E-state index in [0.29, 0.717) is 42.3 Å². The minimum absolute atomic E-state index is 0.230. The number of alkyl halides is 3. The number of pyridine rings is 1. The fourth-order valence-corrected chi connectivity index (χ4v) is 3.25. The molecule has 1 unspecified atom stereocenters. The van der Waals surface area contributed by atoms with Crippen LogP contribution >= 0.6 is 0 Å². The van der Waals surface area contributed by atoms with Crippen LogP contribution in [0.1, 0.15) is 18.5 Å². The lowest BCUT2D eigenvalue weighted by molar-refractivity contribution is -0.163. The van der Waals surface area contributed by atoms with Crippen LogP contribution in [0.25, 0.3) is 0 Å². The highest BCUT2D eigenvalue weighted by molar-refractivity contribution is 6.12. The maximum absolute atomic E-state index is 12.8. The first kappa shape index (κ1) is 16.8. The highest BCUT2D eigenvalue weighted by Crippen LogP contribution is 2.40. The van der Waals surface area contributed by atoms with Gasteiger partial charge in [-0.25, -0.2) is 10.0 Å². The molecule has 3 heterocycles. The van der Waals surface area contributed by atoms with Crippen LogP contribution in [0.5, 0.6) is 0 Å². The summed E-state index contributed by atoms with van der Waals surface area (Å²) in [6.45, 7) is -0.501. The van der Waals surface area contributed by atoms with Crippen LogP contribution in [0, 0.1) is 5.41 Å². The number of fused-ring (bicyclic) bond motifs is 1. The summed E-state index contributed by atoms with van der Waals surface area (Å²) in [5, 5.41) is 6.14. The van der Waals surface area contributed by atoms with E-state index in [4.69, 9.17) is 5.84 Å². The number of halogens is 3. The summed E-state index contributed by atoms with van der Waals surface area (Å²) in [5.74, 6) is 5.21. The summed E-state index contributed by atoms with van der Waals surface area (Å²) in [5.41, 5.74) is 0.0292. The van der Waals surface area contributed by atoms with Gasteiger partial charge in [0.25, 0.3) is 5.91 Å². The van der Waals surface area contributed by atoms with Crippen molar-refractivity contribution in [2.75, 3.05) is 19.6 Å². The first-order chi connectivity index (χ1) is 11.3. The fraction of sp³-hybridized carbons (Fsp3) is 0.533. The lowest BCUT2D eigenvalue weighted by atomic mass is 9.75. The molecule has 130 valence electrons. The van der Waals surface area contributed by atoms with Gasteiger partial charge >= 0.3 is 6.18 Å². The SMILES string of the molecule is NN1CCC2=NN(CC(F)(F)F)C(=O)C2(Cc2ccccn2)CC1. The quantitative estimate of drug-likeness (QED) is 0.842. The molecule has 0 aromatic carbocycles. The van der Waals surface area contributed by atoms with Gasteiger partial charge in [0, 0.05) is 37.8 Å². The van der Waals surface area contributed by atoms with Crippen molar-refractivity contribution in [1.29, 1.82) is 0 Å². The number of rotatable bonds is 3. The molecule has 3 rings (SSSR count). The second-order valence-electron chi connectivity index (χ2n) is 6.14. The van der Waals surface area contributed by atoms with Gasteiger partial charge in [0.05, 0.1) is 11.1 Å². The molecular formula is C15H18F3N5O. The second kappa shape index (κ2) is 6.14. The monoisotopic (exact) mass is 341 g/mol. The number of hydrazine groups is 1. The van der Waals surface area contributed by atoms with Gasteiger partial charge in [-0.1, -0.05) is 6.07 Å². The van der Waals surface area contributed by atoms with Crippen molar-refractivity contribution in [2.24, 2.45) is 16.4 Å². The molecule has 1 aromatic heterocycles. The predicted octanol–water partition coefficient (Wildman–Crippen LogP) is 1.34. The highest BCUT2D eigenvalue weighted by atomic mass is 19.4. The summed E-state index contributed by atoms with van der Waals surface area (Å²) in [6.07, 6.45) is -1.97. The molecule has 0 radical (unpaired) electrons. The van der Waals surface area contributed by atoms with Gasteiger partial charge < -0.3 is 0 Å². The number of hydrogen-bond donors (Lipinski definition) is 1. The minimum Gasteiger partial charge on any atom is -0.272 e. The Hall–Kier alpha value is -2.00. The number of amides is 1. The molecule has 24 heavy (non-hydrogen) atoms. The van der Waals surface area contributed by atoms with Crippen LogP contribution in [0.3, 0.4) is 0 Å². The van der Waals surface area contributed by atoms with Crippen molar-refractivity contribution in [3.05, 3.63) is 30.1 Å². The molecule has 9 heteroatoms. The Kier molecular flexibility index (Phi) is 4.31. The van der Waals surface area contributed by atoms with Crippen molar-refractivity contribution in [3.63, 3.8) is 0 Å². The molecule has 1 fully saturated rings. The third-order valence-corrected chi connectivity index (χ3v) is 4.44. The van der Waals surface area contributed by atoms with Gasteiger partial charge in [0.1, 0.15) is 6.54 Å². The number of hydrazone groups is 1. The van der Waals surface area contributed by atoms with Crippen LogP contribution in [0.2, 0.25) is 0 Å². The largest absolute Gasteiger partial charge is 0.408 e. The lowest BCUT2D eigenvalue weighted by Gasteiger charge is -2.28. The minimum atomic E-state index is -4.49. The molecule has 1 amide bonds. The number of hydrogen-bond acceptors (Lipinski definition) is 5. The van der Waals surface area contributed by atoms with E-state index < -0.39 is 24.0 Å². The van der Waals surface area contributed by atoms with E-state index in [0.717, 1.165) is 0 Å². The summed E-state index contributed by atoms with van der Waals surface area (Å²) < 4.78 is 38.2. The maximum atomic E-state index is 12.8.